The number of aryl methyl sites for hydroxylation is 1. The number of nitrogens with one attached hydrogen (secondary N) is 1. The van der Waals surface area contributed by atoms with Gasteiger partial charge in [-0.25, -0.2) is 5.43 Å². The SMILES string of the molecule is CCCn1c2ccccc2c2nnc(N/N=C/c3ccc(OCC(=O)N(CC)CC)cc3)nc21. The Morgan fingerprint density at radius 2 is 1.85 bits per heavy atom. The zero-order valence-corrected chi connectivity index (χ0v) is 19.7. The Bertz CT molecular complexity index is 1290. The molecule has 0 aliphatic heterocycles. The number of amides is 1. The number of anilines is 1. The molecule has 0 spiro atoms. The molecule has 0 aliphatic carbocycles. The van der Waals surface area contributed by atoms with Gasteiger partial charge in [0.2, 0.25) is 0 Å². The molecule has 0 saturated heterocycles. The van der Waals surface area contributed by atoms with Gasteiger partial charge in [0.25, 0.3) is 11.9 Å². The van der Waals surface area contributed by atoms with Crippen LogP contribution in [0.4, 0.5) is 5.95 Å². The summed E-state index contributed by atoms with van der Waals surface area (Å²) in [5, 5.41) is 13.9. The van der Waals surface area contributed by atoms with Crippen LogP contribution in [-0.2, 0) is 11.3 Å². The number of carbonyl (C=O) groups is 1. The molecule has 4 aromatic rings. The van der Waals surface area contributed by atoms with Gasteiger partial charge in [-0.3, -0.25) is 4.79 Å². The fraction of sp³-hybridized carbons (Fsp3) is 0.320. The van der Waals surface area contributed by atoms with E-state index in [4.69, 9.17) is 4.74 Å². The third kappa shape index (κ3) is 4.98. The Labute approximate surface area is 198 Å². The average molecular weight is 460 g/mol. The molecule has 0 saturated carbocycles. The number of hydrazone groups is 1. The normalized spacial score (nSPS) is 11.4. The lowest BCUT2D eigenvalue weighted by Crippen LogP contribution is -2.34. The van der Waals surface area contributed by atoms with Crippen LogP contribution in [-0.4, -0.2) is 56.5 Å². The minimum Gasteiger partial charge on any atom is -0.484 e. The Morgan fingerprint density at radius 1 is 1.09 bits per heavy atom. The molecule has 1 amide bonds. The molecule has 2 heterocycles. The molecule has 0 bridgehead atoms. The van der Waals surface area contributed by atoms with E-state index in [9.17, 15) is 4.79 Å². The number of hydrogen-bond donors (Lipinski definition) is 1. The van der Waals surface area contributed by atoms with E-state index in [2.05, 4.69) is 43.3 Å². The lowest BCUT2D eigenvalue weighted by molar-refractivity contribution is -0.132. The van der Waals surface area contributed by atoms with Crippen molar-refractivity contribution in [2.75, 3.05) is 25.1 Å². The van der Waals surface area contributed by atoms with Crippen molar-refractivity contribution in [1.82, 2.24) is 24.6 Å². The molecule has 9 nitrogen and oxygen atoms in total. The van der Waals surface area contributed by atoms with Crippen LogP contribution in [0.5, 0.6) is 5.75 Å². The minimum absolute atomic E-state index is 0.0246. The first-order chi connectivity index (χ1) is 16.6. The van der Waals surface area contributed by atoms with Crippen molar-refractivity contribution in [3.63, 3.8) is 0 Å². The molecule has 0 unspecified atom stereocenters. The van der Waals surface area contributed by atoms with Crippen LogP contribution in [0.25, 0.3) is 22.1 Å². The summed E-state index contributed by atoms with van der Waals surface area (Å²) in [6.45, 7) is 8.26. The largest absolute Gasteiger partial charge is 0.484 e. The second kappa shape index (κ2) is 10.7. The van der Waals surface area contributed by atoms with Crippen LogP contribution in [0.2, 0.25) is 0 Å². The number of fused-ring (bicyclic) bond motifs is 3. The van der Waals surface area contributed by atoms with Crippen LogP contribution in [0.1, 0.15) is 32.8 Å². The lowest BCUT2D eigenvalue weighted by atomic mass is 10.2. The van der Waals surface area contributed by atoms with Gasteiger partial charge in [-0.05, 0) is 56.2 Å². The number of ether oxygens (including phenoxy) is 1. The second-order valence-electron chi connectivity index (χ2n) is 7.77. The molecule has 34 heavy (non-hydrogen) atoms. The van der Waals surface area contributed by atoms with E-state index in [0.29, 0.717) is 24.8 Å². The van der Waals surface area contributed by atoms with Crippen molar-refractivity contribution in [2.45, 2.75) is 33.7 Å². The molecule has 4 rings (SSSR count). The van der Waals surface area contributed by atoms with E-state index in [1.807, 2.05) is 56.3 Å². The molecule has 0 atom stereocenters. The maximum Gasteiger partial charge on any atom is 0.265 e. The molecule has 2 aromatic heterocycles. The van der Waals surface area contributed by atoms with Gasteiger partial charge in [0.05, 0.1) is 11.7 Å². The molecule has 176 valence electrons. The summed E-state index contributed by atoms with van der Waals surface area (Å²) in [4.78, 5) is 18.5. The van der Waals surface area contributed by atoms with Gasteiger partial charge in [0.15, 0.2) is 12.3 Å². The summed E-state index contributed by atoms with van der Waals surface area (Å²) in [6, 6.07) is 15.5. The first-order valence-electron chi connectivity index (χ1n) is 11.6. The van der Waals surface area contributed by atoms with E-state index in [0.717, 1.165) is 40.6 Å². The quantitative estimate of drug-likeness (QED) is 0.283. The number of rotatable bonds is 10. The van der Waals surface area contributed by atoms with Crippen molar-refractivity contribution in [2.24, 2.45) is 5.10 Å². The maximum atomic E-state index is 12.1. The number of likely N-dealkylation sites (N-methyl/N-ethyl adjacent to an activating group) is 1. The molecule has 0 radical (unpaired) electrons. The second-order valence-corrected chi connectivity index (χ2v) is 7.77. The predicted molar refractivity (Wildman–Crippen MR) is 134 cm³/mol. The molecular formula is C25H29N7O2. The fourth-order valence-corrected chi connectivity index (χ4v) is 3.83. The van der Waals surface area contributed by atoms with Crippen molar-refractivity contribution in [1.29, 1.82) is 0 Å². The molecular weight excluding hydrogens is 430 g/mol. The predicted octanol–water partition coefficient (Wildman–Crippen LogP) is 4.08. The summed E-state index contributed by atoms with van der Waals surface area (Å²) in [6.07, 6.45) is 2.65. The van der Waals surface area contributed by atoms with Crippen molar-refractivity contribution in [3.05, 3.63) is 54.1 Å². The Kier molecular flexibility index (Phi) is 7.31. The van der Waals surface area contributed by atoms with E-state index < -0.39 is 0 Å². The van der Waals surface area contributed by atoms with E-state index in [-0.39, 0.29) is 12.5 Å². The van der Waals surface area contributed by atoms with Gasteiger partial charge in [0.1, 0.15) is 11.3 Å². The maximum absolute atomic E-state index is 12.1. The van der Waals surface area contributed by atoms with Crippen LogP contribution in [0.3, 0.4) is 0 Å². The van der Waals surface area contributed by atoms with Crippen molar-refractivity contribution >= 4 is 40.1 Å². The summed E-state index contributed by atoms with van der Waals surface area (Å²) in [7, 11) is 0. The highest BCUT2D eigenvalue weighted by molar-refractivity contribution is 6.04. The Balaban J connectivity index is 1.42. The van der Waals surface area contributed by atoms with E-state index >= 15 is 0 Å². The third-order valence-corrected chi connectivity index (χ3v) is 5.56. The lowest BCUT2D eigenvalue weighted by Gasteiger charge is -2.18. The van der Waals surface area contributed by atoms with Gasteiger partial charge < -0.3 is 14.2 Å². The molecule has 2 aromatic carbocycles. The first kappa shape index (κ1) is 23.2. The zero-order valence-electron chi connectivity index (χ0n) is 19.7. The average Bonchev–Trinajstić information content (AvgIpc) is 3.17. The summed E-state index contributed by atoms with van der Waals surface area (Å²) >= 11 is 0. The smallest absolute Gasteiger partial charge is 0.265 e. The standard InChI is InChI=1S/C25H29N7O2/c1-4-15-32-21-10-8-7-9-20(21)23-24(32)27-25(30-28-23)29-26-16-18-11-13-19(14-12-18)34-17-22(33)31(5-2)6-3/h7-14,16H,4-6,15,17H2,1-3H3,(H,27,29,30)/b26-16+. The number of para-hydroxylation sites is 1. The van der Waals surface area contributed by atoms with E-state index in [1.165, 1.54) is 0 Å². The molecule has 0 fully saturated rings. The number of nitrogens with zero attached hydrogens (tertiary/aromatic N) is 6. The van der Waals surface area contributed by atoms with Crippen LogP contribution < -0.4 is 10.2 Å². The highest BCUT2D eigenvalue weighted by atomic mass is 16.5. The highest BCUT2D eigenvalue weighted by Gasteiger charge is 2.14. The summed E-state index contributed by atoms with van der Waals surface area (Å²) in [5.74, 6) is 0.939. The van der Waals surface area contributed by atoms with Crippen molar-refractivity contribution in [3.8, 4) is 5.75 Å². The fourth-order valence-electron chi connectivity index (χ4n) is 3.83. The monoisotopic (exact) mass is 459 g/mol. The van der Waals surface area contributed by atoms with Crippen molar-refractivity contribution < 1.29 is 9.53 Å². The number of benzene rings is 2. The van der Waals surface area contributed by atoms with Crippen LogP contribution in [0.15, 0.2) is 53.6 Å². The molecule has 0 aliphatic rings. The Morgan fingerprint density at radius 3 is 2.59 bits per heavy atom. The van der Waals surface area contributed by atoms with Gasteiger partial charge in [0, 0.05) is 25.0 Å². The first-order valence-corrected chi connectivity index (χ1v) is 11.6. The van der Waals surface area contributed by atoms with Crippen LogP contribution in [0, 0.1) is 0 Å². The summed E-state index contributed by atoms with van der Waals surface area (Å²) < 4.78 is 7.76. The summed E-state index contributed by atoms with van der Waals surface area (Å²) in [5.41, 5.74) is 6.41. The Hall–Kier alpha value is -4.01. The zero-order chi connectivity index (χ0) is 23.9. The minimum atomic E-state index is -0.0246. The number of carbonyl (C=O) groups excluding carboxylic acids is 1. The molecule has 9 heteroatoms. The topological polar surface area (TPSA) is 97.5 Å². The van der Waals surface area contributed by atoms with Gasteiger partial charge in [-0.15, -0.1) is 10.2 Å². The molecule has 1 N–H and O–H groups in total. The van der Waals surface area contributed by atoms with E-state index in [1.54, 1.807) is 11.1 Å². The van der Waals surface area contributed by atoms with Gasteiger partial charge in [-0.2, -0.15) is 10.1 Å². The van der Waals surface area contributed by atoms with Gasteiger partial charge >= 0.3 is 0 Å². The highest BCUT2D eigenvalue weighted by Crippen LogP contribution is 2.26. The number of hydrogen-bond acceptors (Lipinski definition) is 7. The third-order valence-electron chi connectivity index (χ3n) is 5.56. The van der Waals surface area contributed by atoms with Gasteiger partial charge in [-0.1, -0.05) is 25.1 Å². The number of aromatic nitrogens is 4. The van der Waals surface area contributed by atoms with Crippen LogP contribution >= 0.6 is 0 Å².